The molecule has 0 amide bonds. The van der Waals surface area contributed by atoms with Crippen LogP contribution in [0.25, 0.3) is 0 Å². The second kappa shape index (κ2) is 2.08. The average molecular weight is 104 g/mol. The van der Waals surface area contributed by atoms with Crippen LogP contribution in [-0.2, 0) is 0 Å². The highest BCUT2D eigenvalue weighted by atomic mass is 15.1. The summed E-state index contributed by atoms with van der Waals surface area (Å²) in [4.78, 5) is 0. The maximum atomic E-state index is 5.03. The molecule has 0 N–H and O–H groups in total. The fourth-order valence-electron chi connectivity index (χ4n) is 0.376. The van der Waals surface area contributed by atoms with Gasteiger partial charge in [0.2, 0.25) is 0 Å². The SMILES string of the molecule is C#Cc1ccnnc1. The van der Waals surface area contributed by atoms with Crippen LogP contribution in [0.4, 0.5) is 0 Å². The summed E-state index contributed by atoms with van der Waals surface area (Å²) < 4.78 is 0. The highest BCUT2D eigenvalue weighted by Gasteiger charge is 1.78. The molecule has 0 saturated heterocycles. The summed E-state index contributed by atoms with van der Waals surface area (Å²) in [6.45, 7) is 0. The van der Waals surface area contributed by atoms with Crippen molar-refractivity contribution < 1.29 is 0 Å². The van der Waals surface area contributed by atoms with Crippen LogP contribution in [0.5, 0.6) is 0 Å². The van der Waals surface area contributed by atoms with Gasteiger partial charge in [0.05, 0.1) is 12.4 Å². The first kappa shape index (κ1) is 4.79. The minimum atomic E-state index is 0.764. The van der Waals surface area contributed by atoms with E-state index < -0.39 is 0 Å². The summed E-state index contributed by atoms with van der Waals surface area (Å²) >= 11 is 0. The zero-order valence-electron chi connectivity index (χ0n) is 4.20. The first-order valence-electron chi connectivity index (χ1n) is 2.17. The Labute approximate surface area is 47.6 Å². The van der Waals surface area contributed by atoms with Gasteiger partial charge in [0, 0.05) is 5.56 Å². The average Bonchev–Trinajstić information content (AvgIpc) is 1.90. The topological polar surface area (TPSA) is 25.8 Å². The van der Waals surface area contributed by atoms with E-state index in [9.17, 15) is 0 Å². The van der Waals surface area contributed by atoms with Crippen molar-refractivity contribution in [3.8, 4) is 12.3 Å². The molecule has 0 unspecified atom stereocenters. The summed E-state index contributed by atoms with van der Waals surface area (Å²) in [5, 5.41) is 7.11. The number of hydrogen-bond donors (Lipinski definition) is 0. The number of hydrogen-bond acceptors (Lipinski definition) is 2. The van der Waals surface area contributed by atoms with Crippen LogP contribution in [-0.4, -0.2) is 10.2 Å². The zero-order chi connectivity index (χ0) is 5.82. The van der Waals surface area contributed by atoms with Crippen LogP contribution in [0.2, 0.25) is 0 Å². The van der Waals surface area contributed by atoms with Crippen LogP contribution in [0, 0.1) is 12.3 Å². The Morgan fingerprint density at radius 3 is 2.75 bits per heavy atom. The number of rotatable bonds is 0. The normalized spacial score (nSPS) is 7.88. The Morgan fingerprint density at radius 2 is 2.38 bits per heavy atom. The van der Waals surface area contributed by atoms with Crippen LogP contribution in [0.15, 0.2) is 18.5 Å². The molecule has 0 saturated carbocycles. The molecule has 0 aliphatic rings. The number of nitrogens with zero attached hydrogens (tertiary/aromatic N) is 2. The molecule has 0 aliphatic carbocycles. The van der Waals surface area contributed by atoms with Gasteiger partial charge >= 0.3 is 0 Å². The molecule has 0 bridgehead atoms. The van der Waals surface area contributed by atoms with Crippen molar-refractivity contribution in [2.45, 2.75) is 0 Å². The van der Waals surface area contributed by atoms with E-state index >= 15 is 0 Å². The monoisotopic (exact) mass is 104 g/mol. The molecule has 2 heteroatoms. The van der Waals surface area contributed by atoms with Crippen molar-refractivity contribution in [1.82, 2.24) is 10.2 Å². The van der Waals surface area contributed by atoms with Gasteiger partial charge in [0.1, 0.15) is 0 Å². The Balaban J connectivity index is 3.05. The highest BCUT2D eigenvalue weighted by Crippen LogP contribution is 1.86. The summed E-state index contributed by atoms with van der Waals surface area (Å²) in [5.74, 6) is 2.42. The van der Waals surface area contributed by atoms with Crippen molar-refractivity contribution in [3.63, 3.8) is 0 Å². The zero-order valence-corrected chi connectivity index (χ0v) is 4.20. The molecule has 0 aromatic carbocycles. The van der Waals surface area contributed by atoms with Gasteiger partial charge in [0.15, 0.2) is 0 Å². The molecular formula is C6H4N2. The minimum Gasteiger partial charge on any atom is -0.159 e. The van der Waals surface area contributed by atoms with Crippen LogP contribution in [0.3, 0.4) is 0 Å². The first-order chi connectivity index (χ1) is 3.93. The van der Waals surface area contributed by atoms with E-state index in [1.807, 2.05) is 0 Å². The predicted octanol–water partition coefficient (Wildman–Crippen LogP) is 0.458. The maximum absolute atomic E-state index is 5.03. The Hall–Kier alpha value is -1.36. The van der Waals surface area contributed by atoms with E-state index in [0.29, 0.717) is 0 Å². The molecule has 0 aliphatic heterocycles. The van der Waals surface area contributed by atoms with E-state index in [-0.39, 0.29) is 0 Å². The Kier molecular flexibility index (Phi) is 1.25. The van der Waals surface area contributed by atoms with Gasteiger partial charge in [-0.15, -0.1) is 6.42 Å². The van der Waals surface area contributed by atoms with Gasteiger partial charge in [-0.1, -0.05) is 5.92 Å². The second-order valence-electron chi connectivity index (χ2n) is 1.28. The molecule has 0 spiro atoms. The molecule has 0 fully saturated rings. The lowest BCUT2D eigenvalue weighted by molar-refractivity contribution is 1.03. The third-order valence-corrected chi connectivity index (χ3v) is 0.751. The largest absolute Gasteiger partial charge is 0.159 e. The molecular weight excluding hydrogens is 100 g/mol. The number of terminal acetylenes is 1. The quantitative estimate of drug-likeness (QED) is 0.447. The summed E-state index contributed by atoms with van der Waals surface area (Å²) in [7, 11) is 0. The fraction of sp³-hybridized carbons (Fsp3) is 0. The molecule has 2 nitrogen and oxygen atoms in total. The smallest absolute Gasteiger partial charge is 0.0652 e. The van der Waals surface area contributed by atoms with E-state index in [4.69, 9.17) is 6.42 Å². The fourth-order valence-corrected chi connectivity index (χ4v) is 0.376. The molecule has 0 atom stereocenters. The van der Waals surface area contributed by atoms with Gasteiger partial charge in [-0.2, -0.15) is 10.2 Å². The molecule has 1 aromatic rings. The van der Waals surface area contributed by atoms with Crippen molar-refractivity contribution in [1.29, 1.82) is 0 Å². The first-order valence-corrected chi connectivity index (χ1v) is 2.17. The molecule has 0 radical (unpaired) electrons. The maximum Gasteiger partial charge on any atom is 0.0652 e. The molecule has 1 aromatic heterocycles. The van der Waals surface area contributed by atoms with Gasteiger partial charge < -0.3 is 0 Å². The minimum absolute atomic E-state index is 0.764. The second-order valence-corrected chi connectivity index (χ2v) is 1.28. The van der Waals surface area contributed by atoms with E-state index in [2.05, 4.69) is 16.1 Å². The van der Waals surface area contributed by atoms with E-state index in [1.165, 1.54) is 0 Å². The van der Waals surface area contributed by atoms with Crippen molar-refractivity contribution >= 4 is 0 Å². The number of aromatic nitrogens is 2. The van der Waals surface area contributed by atoms with Gasteiger partial charge in [0.25, 0.3) is 0 Å². The lowest BCUT2D eigenvalue weighted by atomic mass is 10.3. The van der Waals surface area contributed by atoms with Crippen LogP contribution >= 0.6 is 0 Å². The molecule has 8 heavy (non-hydrogen) atoms. The van der Waals surface area contributed by atoms with Gasteiger partial charge in [-0.25, -0.2) is 0 Å². The standard InChI is InChI=1S/C6H4N2/c1-2-6-3-4-7-8-5-6/h1,3-5H. The summed E-state index contributed by atoms with van der Waals surface area (Å²) in [5.41, 5.74) is 0.764. The van der Waals surface area contributed by atoms with Gasteiger partial charge in [-0.3, -0.25) is 0 Å². The highest BCUT2D eigenvalue weighted by molar-refractivity contribution is 5.26. The Bertz CT molecular complexity index is 198. The van der Waals surface area contributed by atoms with E-state index in [1.54, 1.807) is 18.5 Å². The molecule has 1 rings (SSSR count). The summed E-state index contributed by atoms with van der Waals surface area (Å²) in [6.07, 6.45) is 8.14. The Morgan fingerprint density at radius 1 is 1.50 bits per heavy atom. The van der Waals surface area contributed by atoms with E-state index in [0.717, 1.165) is 5.56 Å². The third kappa shape index (κ3) is 0.824. The van der Waals surface area contributed by atoms with Crippen molar-refractivity contribution in [2.24, 2.45) is 0 Å². The summed E-state index contributed by atoms with van der Waals surface area (Å²) in [6, 6.07) is 1.73. The molecule has 1 heterocycles. The van der Waals surface area contributed by atoms with Crippen molar-refractivity contribution in [2.75, 3.05) is 0 Å². The predicted molar refractivity (Wildman–Crippen MR) is 30.0 cm³/mol. The van der Waals surface area contributed by atoms with Crippen molar-refractivity contribution in [3.05, 3.63) is 24.0 Å². The lowest BCUT2D eigenvalue weighted by Gasteiger charge is -1.80. The lowest BCUT2D eigenvalue weighted by Crippen LogP contribution is -1.78. The van der Waals surface area contributed by atoms with Crippen LogP contribution < -0.4 is 0 Å². The molecule has 38 valence electrons. The van der Waals surface area contributed by atoms with Crippen LogP contribution in [0.1, 0.15) is 5.56 Å². The third-order valence-electron chi connectivity index (χ3n) is 0.751. The van der Waals surface area contributed by atoms with Gasteiger partial charge in [-0.05, 0) is 6.07 Å².